The normalized spacial score (nSPS) is 12.4. The third kappa shape index (κ3) is 5.21. The Morgan fingerprint density at radius 3 is 2.76 bits per heavy atom. The van der Waals surface area contributed by atoms with E-state index in [1.165, 1.54) is 30.6 Å². The highest BCUT2D eigenvalue weighted by Gasteiger charge is 2.11. The number of thiophene rings is 1. The van der Waals surface area contributed by atoms with Gasteiger partial charge < -0.3 is 5.32 Å². The number of carbonyl (C=O) groups excluding carboxylic acids is 1. The molecule has 0 aromatic carbocycles. The highest BCUT2D eigenvalue weighted by molar-refractivity contribution is 9.11. The monoisotopic (exact) mass is 317 g/mol. The Hall–Kier alpha value is -0.350. The molecule has 1 atom stereocenters. The zero-order valence-corrected chi connectivity index (χ0v) is 12.9. The van der Waals surface area contributed by atoms with Crippen LogP contribution in [-0.4, -0.2) is 12.5 Å². The van der Waals surface area contributed by atoms with E-state index in [0.717, 1.165) is 21.6 Å². The molecule has 0 saturated carbocycles. The first-order chi connectivity index (χ1) is 8.17. The van der Waals surface area contributed by atoms with Crippen LogP contribution in [0.15, 0.2) is 15.9 Å². The molecule has 1 heterocycles. The van der Waals surface area contributed by atoms with Crippen molar-refractivity contribution < 1.29 is 4.79 Å². The summed E-state index contributed by atoms with van der Waals surface area (Å²) in [6.45, 7) is 5.19. The molecule has 0 aliphatic heterocycles. The maximum atomic E-state index is 11.8. The van der Waals surface area contributed by atoms with Gasteiger partial charge in [-0.25, -0.2) is 0 Å². The van der Waals surface area contributed by atoms with Gasteiger partial charge in [-0.1, -0.05) is 33.1 Å². The van der Waals surface area contributed by atoms with E-state index in [-0.39, 0.29) is 5.91 Å². The van der Waals surface area contributed by atoms with Gasteiger partial charge in [0.1, 0.15) is 0 Å². The smallest absolute Gasteiger partial charge is 0.261 e. The van der Waals surface area contributed by atoms with Crippen LogP contribution in [0.5, 0.6) is 0 Å². The molecule has 1 aromatic heterocycles. The highest BCUT2D eigenvalue weighted by Crippen LogP contribution is 2.22. The molecule has 0 bridgehead atoms. The fourth-order valence-corrected chi connectivity index (χ4v) is 3.01. The van der Waals surface area contributed by atoms with E-state index >= 15 is 0 Å². The number of amides is 1. The Kier molecular flexibility index (Phi) is 6.82. The van der Waals surface area contributed by atoms with Crippen molar-refractivity contribution in [1.29, 1.82) is 0 Å². The molecule has 1 N–H and O–H groups in total. The summed E-state index contributed by atoms with van der Waals surface area (Å²) in [5.74, 6) is 0.665. The Morgan fingerprint density at radius 2 is 2.24 bits per heavy atom. The second-order valence-corrected chi connectivity index (χ2v) is 6.69. The van der Waals surface area contributed by atoms with Crippen molar-refractivity contribution in [3.63, 3.8) is 0 Å². The van der Waals surface area contributed by atoms with Crippen LogP contribution in [0.4, 0.5) is 0 Å². The predicted molar refractivity (Wildman–Crippen MR) is 77.7 cm³/mol. The number of halogens is 1. The quantitative estimate of drug-likeness (QED) is 0.790. The van der Waals surface area contributed by atoms with Crippen molar-refractivity contribution in [3.05, 3.63) is 20.8 Å². The van der Waals surface area contributed by atoms with Gasteiger partial charge in [-0.2, -0.15) is 0 Å². The lowest BCUT2D eigenvalue weighted by Crippen LogP contribution is -2.28. The standard InChI is InChI=1S/C13H20BrNOS/c1-3-5-6-10(4-2)9-15-13(16)11-7-8-12(14)17-11/h7-8,10H,3-6,9H2,1-2H3,(H,15,16). The van der Waals surface area contributed by atoms with Gasteiger partial charge in [-0.05, 0) is 40.4 Å². The number of nitrogens with one attached hydrogen (secondary N) is 1. The maximum Gasteiger partial charge on any atom is 0.261 e. The van der Waals surface area contributed by atoms with Crippen molar-refractivity contribution >= 4 is 33.2 Å². The van der Waals surface area contributed by atoms with Gasteiger partial charge in [-0.15, -0.1) is 11.3 Å². The molecule has 17 heavy (non-hydrogen) atoms. The van der Waals surface area contributed by atoms with E-state index in [1.54, 1.807) is 0 Å². The zero-order valence-electron chi connectivity index (χ0n) is 10.5. The molecular formula is C13H20BrNOS. The second kappa shape index (κ2) is 7.88. The van der Waals surface area contributed by atoms with Gasteiger partial charge in [0, 0.05) is 6.54 Å². The van der Waals surface area contributed by atoms with Crippen molar-refractivity contribution in [3.8, 4) is 0 Å². The largest absolute Gasteiger partial charge is 0.351 e. The van der Waals surface area contributed by atoms with E-state index in [0.29, 0.717) is 5.92 Å². The molecular weight excluding hydrogens is 298 g/mol. The number of rotatable bonds is 7. The van der Waals surface area contributed by atoms with Gasteiger partial charge in [0.25, 0.3) is 5.91 Å². The third-order valence-corrected chi connectivity index (χ3v) is 4.51. The minimum atomic E-state index is 0.0515. The Morgan fingerprint density at radius 1 is 1.47 bits per heavy atom. The molecule has 0 aliphatic rings. The van der Waals surface area contributed by atoms with Crippen LogP contribution >= 0.6 is 27.3 Å². The Bertz CT molecular complexity index is 351. The second-order valence-electron chi connectivity index (χ2n) is 4.23. The summed E-state index contributed by atoms with van der Waals surface area (Å²) >= 11 is 4.84. The molecule has 0 spiro atoms. The Labute approximate surface area is 116 Å². The van der Waals surface area contributed by atoms with E-state index < -0.39 is 0 Å². The first kappa shape index (κ1) is 14.7. The van der Waals surface area contributed by atoms with Crippen LogP contribution in [0, 0.1) is 5.92 Å². The predicted octanol–water partition coefficient (Wildman–Crippen LogP) is 4.46. The van der Waals surface area contributed by atoms with Gasteiger partial charge in [0.15, 0.2) is 0 Å². The molecule has 2 nitrogen and oxygen atoms in total. The van der Waals surface area contributed by atoms with Crippen LogP contribution < -0.4 is 5.32 Å². The van der Waals surface area contributed by atoms with Crippen molar-refractivity contribution in [1.82, 2.24) is 5.32 Å². The third-order valence-electron chi connectivity index (χ3n) is 2.89. The van der Waals surface area contributed by atoms with E-state index in [1.807, 2.05) is 12.1 Å². The molecule has 0 aliphatic carbocycles. The topological polar surface area (TPSA) is 29.1 Å². The van der Waals surface area contributed by atoms with Crippen LogP contribution in [0.2, 0.25) is 0 Å². The molecule has 4 heteroatoms. The van der Waals surface area contributed by atoms with Gasteiger partial charge in [0.2, 0.25) is 0 Å². The summed E-state index contributed by atoms with van der Waals surface area (Å²) in [5, 5.41) is 3.02. The van der Waals surface area contributed by atoms with Gasteiger partial charge >= 0.3 is 0 Å². The molecule has 1 aromatic rings. The molecule has 0 fully saturated rings. The maximum absolute atomic E-state index is 11.8. The van der Waals surface area contributed by atoms with Crippen LogP contribution in [0.3, 0.4) is 0 Å². The minimum absolute atomic E-state index is 0.0515. The molecule has 0 radical (unpaired) electrons. The lowest BCUT2D eigenvalue weighted by atomic mass is 9.99. The summed E-state index contributed by atoms with van der Waals surface area (Å²) < 4.78 is 1.00. The highest BCUT2D eigenvalue weighted by atomic mass is 79.9. The molecule has 1 amide bonds. The molecule has 1 unspecified atom stereocenters. The van der Waals surface area contributed by atoms with Crippen molar-refractivity contribution in [2.45, 2.75) is 39.5 Å². The average Bonchev–Trinajstić information content (AvgIpc) is 2.76. The number of unbranched alkanes of at least 4 members (excludes halogenated alkanes) is 1. The van der Waals surface area contributed by atoms with E-state index in [2.05, 4.69) is 35.1 Å². The van der Waals surface area contributed by atoms with E-state index in [4.69, 9.17) is 0 Å². The summed E-state index contributed by atoms with van der Waals surface area (Å²) in [6.07, 6.45) is 4.82. The SMILES string of the molecule is CCCCC(CC)CNC(=O)c1ccc(Br)s1. The van der Waals surface area contributed by atoms with E-state index in [9.17, 15) is 4.79 Å². The summed E-state index contributed by atoms with van der Waals surface area (Å²) in [7, 11) is 0. The van der Waals surface area contributed by atoms with Crippen molar-refractivity contribution in [2.24, 2.45) is 5.92 Å². The first-order valence-corrected chi connectivity index (χ1v) is 7.81. The summed E-state index contributed by atoms with van der Waals surface area (Å²) in [5.41, 5.74) is 0. The van der Waals surface area contributed by atoms with Crippen molar-refractivity contribution in [2.75, 3.05) is 6.54 Å². The average molecular weight is 318 g/mol. The lowest BCUT2D eigenvalue weighted by molar-refractivity contribution is 0.0950. The van der Waals surface area contributed by atoms with Gasteiger partial charge in [-0.3, -0.25) is 4.79 Å². The van der Waals surface area contributed by atoms with Crippen LogP contribution in [0.1, 0.15) is 49.2 Å². The number of hydrogen-bond acceptors (Lipinski definition) is 2. The van der Waals surface area contributed by atoms with Crippen LogP contribution in [0.25, 0.3) is 0 Å². The fourth-order valence-electron chi connectivity index (χ4n) is 1.70. The lowest BCUT2D eigenvalue weighted by Gasteiger charge is -2.14. The van der Waals surface area contributed by atoms with Crippen LogP contribution in [-0.2, 0) is 0 Å². The van der Waals surface area contributed by atoms with Gasteiger partial charge in [0.05, 0.1) is 8.66 Å². The fraction of sp³-hybridized carbons (Fsp3) is 0.615. The number of carbonyl (C=O) groups is 1. The molecule has 1 rings (SSSR count). The zero-order chi connectivity index (χ0) is 12.7. The molecule has 96 valence electrons. The summed E-state index contributed by atoms with van der Waals surface area (Å²) in [4.78, 5) is 12.6. The minimum Gasteiger partial charge on any atom is -0.351 e. The summed E-state index contributed by atoms with van der Waals surface area (Å²) in [6, 6.07) is 3.77. The number of hydrogen-bond donors (Lipinski definition) is 1. The first-order valence-electron chi connectivity index (χ1n) is 6.20. The molecule has 0 saturated heterocycles. The Balaban J connectivity index is 2.36.